The second kappa shape index (κ2) is 25.8. The summed E-state index contributed by atoms with van der Waals surface area (Å²) in [4.78, 5) is 87.6. The fraction of sp³-hybridized carbons (Fsp3) is 0.633. The maximum Gasteiger partial charge on any atom is 0.471 e. The number of carbonyl (C=O) groups excluding carboxylic acids is 6. The first-order valence-corrected chi connectivity index (χ1v) is 25.4. The van der Waals surface area contributed by atoms with Crippen LogP contribution in [0.4, 0.5) is 24.5 Å². The number of hydrogen-bond acceptors (Lipinski definition) is 11. The molecule has 3 rings (SSSR count). The minimum absolute atomic E-state index is 0.0206. The number of alkyl halides is 3. The lowest BCUT2D eigenvalue weighted by Gasteiger charge is -2.41. The number of hydrogen-bond donors (Lipinski definition) is 3. The van der Waals surface area contributed by atoms with Crippen LogP contribution in [0.5, 0.6) is 0 Å². The zero-order valence-electron chi connectivity index (χ0n) is 42.7. The normalized spacial score (nSPS) is 17.8. The molecule has 0 spiro atoms. The zero-order chi connectivity index (χ0) is 53.0. The van der Waals surface area contributed by atoms with Crippen LogP contribution in [0.15, 0.2) is 54.6 Å². The van der Waals surface area contributed by atoms with Crippen molar-refractivity contribution in [3.8, 4) is 0 Å². The summed E-state index contributed by atoms with van der Waals surface area (Å²) < 4.78 is 77.6. The van der Waals surface area contributed by atoms with Gasteiger partial charge in [0.25, 0.3) is 5.91 Å². The molecule has 21 heteroatoms. The van der Waals surface area contributed by atoms with Crippen molar-refractivity contribution in [2.45, 2.75) is 129 Å². The highest BCUT2D eigenvalue weighted by Crippen LogP contribution is 2.31. The van der Waals surface area contributed by atoms with Crippen molar-refractivity contribution in [3.05, 3.63) is 60.2 Å². The Balaban J connectivity index is 1.91. The predicted molar refractivity (Wildman–Crippen MR) is 261 cm³/mol. The van der Waals surface area contributed by atoms with E-state index in [-0.39, 0.29) is 59.7 Å². The lowest BCUT2D eigenvalue weighted by atomic mass is 9.89. The van der Waals surface area contributed by atoms with Gasteiger partial charge in [0.15, 0.2) is 0 Å². The van der Waals surface area contributed by atoms with E-state index >= 15 is 0 Å². The molecule has 1 aliphatic heterocycles. The van der Waals surface area contributed by atoms with E-state index in [0.29, 0.717) is 35.7 Å². The van der Waals surface area contributed by atoms with E-state index < -0.39 is 82.3 Å². The summed E-state index contributed by atoms with van der Waals surface area (Å²) in [6.45, 7) is 13.4. The molecule has 1 fully saturated rings. The number of likely N-dealkylation sites (tertiary alicyclic amines) is 1. The standard InChI is InChI=1S/C49H74F3N7O10S/c1-14-31(6)42(57(10)47(64)40(29(2)3)55-45(62)41(30(4)5)56(8)9)38(68-11)28-39(60)58-26-18-21-37(58)43(69-12)32(7)44(61)54-36(27-33-19-16-15-17-20-33)46(63)59(70(13,66)67)35-24-22-34(23-25-35)53-48(65)49(50,51)52/h15-17,19-20,22-25,29-32,36-38,40-43H,14,18,21,26-28H2,1-13H3,(H,53,65)(H,54,61)(H,55,62)/t31-,32+,36-,37-,38+,40-,41-,42-,43+/m0/s1. The molecule has 2 aromatic rings. The lowest BCUT2D eigenvalue weighted by Crippen LogP contribution is -2.59. The molecule has 6 amide bonds. The number of nitrogens with zero attached hydrogens (tertiary/aromatic N) is 4. The summed E-state index contributed by atoms with van der Waals surface area (Å²) in [7, 11) is 3.73. The van der Waals surface area contributed by atoms with Crippen LogP contribution in [-0.2, 0) is 54.7 Å². The molecule has 0 aromatic heterocycles. The van der Waals surface area contributed by atoms with Gasteiger partial charge in [-0.25, -0.2) is 12.7 Å². The van der Waals surface area contributed by atoms with Crippen LogP contribution >= 0.6 is 0 Å². The highest BCUT2D eigenvalue weighted by atomic mass is 32.2. The minimum Gasteiger partial charge on any atom is -0.379 e. The van der Waals surface area contributed by atoms with E-state index in [4.69, 9.17) is 9.47 Å². The third-order valence-corrected chi connectivity index (χ3v) is 14.0. The van der Waals surface area contributed by atoms with E-state index in [1.165, 1.54) is 14.2 Å². The number of benzene rings is 2. The second-order valence-electron chi connectivity index (χ2n) is 19.1. The number of sulfonamides is 1. The molecule has 2 aromatic carbocycles. The average molecular weight is 1010 g/mol. The van der Waals surface area contributed by atoms with E-state index in [0.717, 1.165) is 30.5 Å². The largest absolute Gasteiger partial charge is 0.471 e. The fourth-order valence-electron chi connectivity index (χ4n) is 9.27. The molecule has 1 heterocycles. The molecule has 1 aliphatic rings. The Morgan fingerprint density at radius 2 is 1.43 bits per heavy atom. The van der Waals surface area contributed by atoms with Gasteiger partial charge in [-0.3, -0.25) is 33.7 Å². The number of amides is 6. The number of ether oxygens (including phenoxy) is 2. The first kappa shape index (κ1) is 59.2. The van der Waals surface area contributed by atoms with Gasteiger partial charge in [-0.05, 0) is 74.5 Å². The van der Waals surface area contributed by atoms with Crippen molar-refractivity contribution in [1.82, 2.24) is 25.3 Å². The monoisotopic (exact) mass is 1010 g/mol. The molecule has 392 valence electrons. The predicted octanol–water partition coefficient (Wildman–Crippen LogP) is 4.85. The molecule has 3 N–H and O–H groups in total. The van der Waals surface area contributed by atoms with E-state index in [9.17, 15) is 50.4 Å². The third kappa shape index (κ3) is 15.4. The van der Waals surface area contributed by atoms with Gasteiger partial charge >= 0.3 is 12.1 Å². The van der Waals surface area contributed by atoms with Crippen LogP contribution < -0.4 is 20.3 Å². The number of nitrogens with one attached hydrogen (secondary N) is 3. The summed E-state index contributed by atoms with van der Waals surface area (Å²) in [6.07, 6.45) is -4.73. The van der Waals surface area contributed by atoms with Crippen LogP contribution in [0.1, 0.15) is 79.7 Å². The lowest BCUT2D eigenvalue weighted by molar-refractivity contribution is -0.167. The van der Waals surface area contributed by atoms with Crippen LogP contribution in [0.3, 0.4) is 0 Å². The molecule has 0 radical (unpaired) electrons. The third-order valence-electron chi connectivity index (χ3n) is 13.0. The topological polar surface area (TPSA) is 204 Å². The molecule has 17 nitrogen and oxygen atoms in total. The Morgan fingerprint density at radius 1 is 0.829 bits per heavy atom. The van der Waals surface area contributed by atoms with Gasteiger partial charge in [0.05, 0.1) is 54.6 Å². The average Bonchev–Trinajstić information content (AvgIpc) is 3.77. The Bertz CT molecular complexity index is 2190. The van der Waals surface area contributed by atoms with Crippen LogP contribution in [-0.4, -0.2) is 155 Å². The van der Waals surface area contributed by atoms with E-state index in [1.807, 2.05) is 60.5 Å². The Hall–Kier alpha value is -5.12. The molecular formula is C49H74F3N7O10S. The van der Waals surface area contributed by atoms with E-state index in [1.54, 1.807) is 59.4 Å². The number of anilines is 2. The number of likely N-dealkylation sites (N-methyl/N-ethyl adjacent to an activating group) is 2. The van der Waals surface area contributed by atoms with Crippen LogP contribution in [0.2, 0.25) is 0 Å². The van der Waals surface area contributed by atoms with E-state index in [2.05, 4.69) is 10.6 Å². The number of halogens is 3. The van der Waals surface area contributed by atoms with Crippen molar-refractivity contribution >= 4 is 56.8 Å². The van der Waals surface area contributed by atoms with Crippen LogP contribution in [0, 0.1) is 23.7 Å². The highest BCUT2D eigenvalue weighted by molar-refractivity contribution is 7.92. The summed E-state index contributed by atoms with van der Waals surface area (Å²) in [5, 5.41) is 7.39. The summed E-state index contributed by atoms with van der Waals surface area (Å²) in [6, 6.07) is 8.58. The first-order chi connectivity index (χ1) is 32.6. The van der Waals surface area contributed by atoms with Gasteiger partial charge in [0.1, 0.15) is 12.1 Å². The molecule has 0 unspecified atom stereocenters. The Kier molecular flexibility index (Phi) is 21.8. The number of methoxy groups -OCH3 is 2. The summed E-state index contributed by atoms with van der Waals surface area (Å²) >= 11 is 0. The van der Waals surface area contributed by atoms with Crippen molar-refractivity contribution in [3.63, 3.8) is 0 Å². The summed E-state index contributed by atoms with van der Waals surface area (Å²) in [5.41, 5.74) is -0.0137. The van der Waals surface area contributed by atoms with Crippen molar-refractivity contribution in [2.24, 2.45) is 23.7 Å². The molecular weight excluding hydrogens is 936 g/mol. The molecule has 1 saturated heterocycles. The Morgan fingerprint density at radius 3 is 1.91 bits per heavy atom. The zero-order valence-corrected chi connectivity index (χ0v) is 43.5. The second-order valence-corrected chi connectivity index (χ2v) is 20.9. The van der Waals surface area contributed by atoms with Crippen LogP contribution in [0.25, 0.3) is 0 Å². The van der Waals surface area contributed by atoms with Gasteiger partial charge in [-0.15, -0.1) is 0 Å². The minimum atomic E-state index is -5.19. The Labute approximate surface area is 411 Å². The molecule has 0 saturated carbocycles. The number of carbonyl (C=O) groups is 6. The first-order valence-electron chi connectivity index (χ1n) is 23.6. The van der Waals surface area contributed by atoms with Gasteiger partial charge < -0.3 is 35.2 Å². The van der Waals surface area contributed by atoms with Gasteiger partial charge in [0, 0.05) is 39.9 Å². The SMILES string of the molecule is CC[C@H](C)[C@@H]([C@@H](CC(=O)N1CCC[C@H]1[C@H](OC)[C@@H](C)C(=O)N[C@@H](Cc1ccccc1)C(=O)N(c1ccc(NC(=O)C(F)(F)F)cc1)S(C)(=O)=O)OC)N(C)C(=O)[C@@H](NC(=O)[C@H](C(C)C)N(C)C)C(C)C. The quantitative estimate of drug-likeness (QED) is 0.130. The molecule has 0 aliphatic carbocycles. The van der Waals surface area contributed by atoms with Gasteiger partial charge in [-0.2, -0.15) is 13.2 Å². The highest BCUT2D eigenvalue weighted by Gasteiger charge is 2.44. The smallest absolute Gasteiger partial charge is 0.379 e. The maximum absolute atomic E-state index is 14.5. The number of rotatable bonds is 24. The van der Waals surface area contributed by atoms with Gasteiger partial charge in [-0.1, -0.05) is 85.2 Å². The molecule has 9 atom stereocenters. The van der Waals surface area contributed by atoms with Crippen molar-refractivity contribution < 1.29 is 59.8 Å². The fourth-order valence-corrected chi connectivity index (χ4v) is 10.2. The maximum atomic E-state index is 14.5. The van der Waals surface area contributed by atoms with Gasteiger partial charge in [0.2, 0.25) is 33.7 Å². The van der Waals surface area contributed by atoms with Crippen molar-refractivity contribution in [2.75, 3.05) is 57.8 Å². The van der Waals surface area contributed by atoms with Crippen molar-refractivity contribution in [1.29, 1.82) is 0 Å². The summed E-state index contributed by atoms with van der Waals surface area (Å²) in [5.74, 6) is -6.35. The molecule has 70 heavy (non-hydrogen) atoms. The molecule has 0 bridgehead atoms.